The predicted octanol–water partition coefficient (Wildman–Crippen LogP) is 16.9. The van der Waals surface area contributed by atoms with Gasteiger partial charge < -0.3 is 14.2 Å². The van der Waals surface area contributed by atoms with Gasteiger partial charge in [0.05, 0.1) is 17.7 Å². The summed E-state index contributed by atoms with van der Waals surface area (Å²) in [4.78, 5) is 46.4. The van der Waals surface area contributed by atoms with Crippen LogP contribution in [-0.2, 0) is 15.4 Å². The highest BCUT2D eigenvalue weighted by Gasteiger charge is 2.50. The molecule has 0 radical (unpaired) electrons. The lowest BCUT2D eigenvalue weighted by Crippen LogP contribution is -2.39. The molecule has 402 valence electrons. The third-order valence-corrected chi connectivity index (χ3v) is 17.2. The van der Waals surface area contributed by atoms with Crippen LogP contribution in [0.4, 0.5) is 0 Å². The van der Waals surface area contributed by atoms with E-state index in [0.29, 0.717) is 83.3 Å². The molecule has 0 aliphatic carbocycles. The summed E-state index contributed by atoms with van der Waals surface area (Å²) in [5.74, 6) is 2.10. The number of fused-ring (bicyclic) bond motifs is 20. The van der Waals surface area contributed by atoms with Crippen molar-refractivity contribution in [2.75, 3.05) is 6.61 Å². The first-order valence-electron chi connectivity index (χ1n) is 27.4. The summed E-state index contributed by atoms with van der Waals surface area (Å²) in [7, 11) is 0. The summed E-state index contributed by atoms with van der Waals surface area (Å²) in [5.41, 5.74) is 5.79. The van der Waals surface area contributed by atoms with Crippen molar-refractivity contribution in [1.29, 1.82) is 0 Å². The van der Waals surface area contributed by atoms with Crippen LogP contribution in [-0.4, -0.2) is 66.0 Å². The zero-order chi connectivity index (χ0) is 54.9. The van der Waals surface area contributed by atoms with E-state index in [0.717, 1.165) is 102 Å². The van der Waals surface area contributed by atoms with Crippen molar-refractivity contribution < 1.29 is 19.0 Å². The second-order valence-corrected chi connectivity index (χ2v) is 26.1. The molecule has 8 aromatic rings. The molecule has 5 heterocycles. The lowest BCUT2D eigenvalue weighted by molar-refractivity contribution is -0.0561. The molecule has 3 atom stereocenters. The number of unbranched alkanes of at least 4 members (excludes halogenated alkanes) is 1. The number of aliphatic imine (C=N–C) groups is 7. The normalized spacial score (nSPS) is 17.8. The molecule has 5 aliphatic rings. The largest absolute Gasteiger partial charge is 0.478 e. The highest BCUT2D eigenvalue weighted by molar-refractivity contribution is 9.25. The maximum atomic E-state index is 7.36. The van der Waals surface area contributed by atoms with E-state index in [1.807, 2.05) is 54.6 Å². The van der Waals surface area contributed by atoms with Gasteiger partial charge in [0.25, 0.3) is 5.85 Å². The minimum atomic E-state index is -1.85. The van der Waals surface area contributed by atoms with E-state index >= 15 is 0 Å². The van der Waals surface area contributed by atoms with E-state index in [1.54, 1.807) is 5.06 Å². The Kier molecular flexibility index (Phi) is 14.3. The summed E-state index contributed by atoms with van der Waals surface area (Å²) < 4.78 is 20.9. The van der Waals surface area contributed by atoms with E-state index in [4.69, 9.17) is 54.0 Å². The molecule has 8 aromatic carbocycles. The first kappa shape index (κ1) is 53.1. The highest BCUT2D eigenvalue weighted by Crippen LogP contribution is 2.55. The summed E-state index contributed by atoms with van der Waals surface area (Å²) in [6.07, 6.45) is 6.10. The molecule has 80 heavy (non-hydrogen) atoms. The van der Waals surface area contributed by atoms with Crippen LogP contribution in [0.2, 0.25) is 0 Å². The first-order chi connectivity index (χ1) is 39.0. The van der Waals surface area contributed by atoms with Gasteiger partial charge >= 0.3 is 0 Å². The number of halogens is 4. The minimum absolute atomic E-state index is 0.277. The zero-order valence-electron chi connectivity index (χ0n) is 44.4. The Balaban J connectivity index is 1.20. The van der Waals surface area contributed by atoms with E-state index in [2.05, 4.69) is 170 Å². The quantitative estimate of drug-likeness (QED) is 0.0703. The predicted molar refractivity (Wildman–Crippen MR) is 339 cm³/mol. The van der Waals surface area contributed by atoms with Crippen molar-refractivity contribution in [3.05, 3.63) is 178 Å². The molecule has 13 rings (SSSR count). The van der Waals surface area contributed by atoms with Crippen LogP contribution in [0.5, 0.6) is 11.5 Å². The number of ether oxygens (including phenoxy) is 3. The minimum Gasteiger partial charge on any atom is -0.478 e. The van der Waals surface area contributed by atoms with Crippen LogP contribution < -0.4 is 9.47 Å². The Bertz CT molecular complexity index is 4110. The second kappa shape index (κ2) is 21.6. The summed E-state index contributed by atoms with van der Waals surface area (Å²) in [5, 5.41) is 8.63. The fourth-order valence-electron chi connectivity index (χ4n) is 11.0. The molecule has 0 N–H and O–H groups in total. The zero-order valence-corrected chi connectivity index (χ0v) is 50.8. The number of rotatable bonds is 16. The second-order valence-electron chi connectivity index (χ2n) is 20.5. The van der Waals surface area contributed by atoms with Crippen LogP contribution in [0.1, 0.15) is 124 Å². The molecule has 0 amide bonds. The number of amidine groups is 7. The van der Waals surface area contributed by atoms with Crippen molar-refractivity contribution in [2.24, 2.45) is 34.9 Å². The molecule has 3 unspecified atom stereocenters. The van der Waals surface area contributed by atoms with Gasteiger partial charge in [0, 0.05) is 50.6 Å². The fourth-order valence-corrected chi connectivity index (χ4v) is 13.4. The van der Waals surface area contributed by atoms with Gasteiger partial charge in [0.1, 0.15) is 16.5 Å². The molecule has 12 nitrogen and oxygen atoms in total. The van der Waals surface area contributed by atoms with Crippen molar-refractivity contribution in [3.63, 3.8) is 0 Å². The maximum absolute atomic E-state index is 7.36. The molecule has 5 aliphatic heterocycles. The SMILES string of the molecule is CCCCOC12N=C3N=C(N=C4N=C(c5cc6ccccc6cc54)N(OC(Br)CCC)C4=NC(=NC(=N1)c1c2c(OC(Br)CCC)c2ccccc2c1OC(Br)(Br)CCC)c1cc2ccccc2cc14)c1cc2ccccc2cc13. The average Bonchev–Trinajstić information content (AvgIpc) is 4.06. The lowest BCUT2D eigenvalue weighted by Gasteiger charge is -2.30. The Labute approximate surface area is 497 Å². The number of benzene rings is 8. The summed E-state index contributed by atoms with van der Waals surface area (Å²) in [6, 6.07) is 45.9. The van der Waals surface area contributed by atoms with Gasteiger partial charge in [-0.2, -0.15) is 5.06 Å². The molecule has 0 saturated carbocycles. The van der Waals surface area contributed by atoms with Crippen LogP contribution in [0.15, 0.2) is 168 Å². The number of alkyl halides is 4. The molecule has 0 fully saturated rings. The Hall–Kier alpha value is -6.27. The Morgan fingerprint density at radius 3 is 1.46 bits per heavy atom. The van der Waals surface area contributed by atoms with Crippen molar-refractivity contribution in [3.8, 4) is 11.5 Å². The number of hydrogen-bond acceptors (Lipinski definition) is 12. The van der Waals surface area contributed by atoms with Gasteiger partial charge in [-0.05, 0) is 136 Å². The fraction of sp³-hybridized carbons (Fsp3) is 0.266. The van der Waals surface area contributed by atoms with Crippen LogP contribution in [0.3, 0.4) is 0 Å². The summed E-state index contributed by atoms with van der Waals surface area (Å²) >= 11 is 15.8. The van der Waals surface area contributed by atoms with E-state index in [9.17, 15) is 0 Å². The first-order valence-corrected chi connectivity index (χ1v) is 30.8. The smallest absolute Gasteiger partial charge is 0.293 e. The molecular formula is C64H54Br4N8O4. The van der Waals surface area contributed by atoms with Crippen LogP contribution in [0.25, 0.3) is 43.1 Å². The Morgan fingerprint density at radius 2 is 0.938 bits per heavy atom. The van der Waals surface area contributed by atoms with Gasteiger partial charge in [-0.1, -0.05) is 166 Å². The van der Waals surface area contributed by atoms with Gasteiger partial charge in [-0.15, -0.1) is 0 Å². The number of hydroxylamine groups is 2. The maximum Gasteiger partial charge on any atom is 0.293 e. The molecule has 0 spiro atoms. The molecule has 8 bridgehead atoms. The molecule has 0 aromatic heterocycles. The van der Waals surface area contributed by atoms with Crippen molar-refractivity contribution >= 4 is 148 Å². The van der Waals surface area contributed by atoms with Gasteiger partial charge in [0.2, 0.25) is 3.42 Å². The van der Waals surface area contributed by atoms with Crippen LogP contribution >= 0.6 is 63.7 Å². The van der Waals surface area contributed by atoms with Crippen LogP contribution in [0, 0.1) is 0 Å². The molecular weight excluding hydrogens is 1260 g/mol. The lowest BCUT2D eigenvalue weighted by atomic mass is 9.95. The highest BCUT2D eigenvalue weighted by atomic mass is 79.9. The van der Waals surface area contributed by atoms with E-state index in [1.165, 1.54) is 0 Å². The van der Waals surface area contributed by atoms with Crippen molar-refractivity contribution in [2.45, 2.75) is 98.4 Å². The molecule has 0 saturated heterocycles. The van der Waals surface area contributed by atoms with Gasteiger partial charge in [-0.25, -0.2) is 34.9 Å². The third-order valence-electron chi connectivity index (χ3n) is 14.8. The molecule has 16 heteroatoms. The third kappa shape index (κ3) is 9.46. The topological polar surface area (TPSA) is 127 Å². The van der Waals surface area contributed by atoms with E-state index in [-0.39, 0.29) is 12.4 Å². The van der Waals surface area contributed by atoms with Gasteiger partial charge in [0.15, 0.2) is 45.9 Å². The monoisotopic (exact) mass is 1310 g/mol. The van der Waals surface area contributed by atoms with Crippen molar-refractivity contribution in [1.82, 2.24) is 5.06 Å². The standard InChI is InChI=1S/C64H54Br4N8O4/c1-5-9-29-77-64-53-52(54(79-63(67,68)28-8-4)42-26-16-17-27-43(42)55(53)78-50(65)18-6-2)60(75-64)71-58-47-33-39-23-13-15-25-41(39)35-49(47)62(73-58)76(80-51(66)19-7-3)61-48-34-40-24-14-12-22-38(40)32-46(48)57(72-61)69-56-44-30-36-20-10-11-21-37(36)31-45(44)59(70-56)74-64/h10-17,20-27,30-35,50-51H,5-9,18-19,28-29H2,1-4H3. The van der Waals surface area contributed by atoms with Gasteiger partial charge in [-0.3, -0.25) is 4.84 Å². The average molecular weight is 1320 g/mol. The Morgan fingerprint density at radius 1 is 0.500 bits per heavy atom. The van der Waals surface area contributed by atoms with E-state index < -0.39 is 19.3 Å². The number of nitrogens with zero attached hydrogens (tertiary/aromatic N) is 8. The summed E-state index contributed by atoms with van der Waals surface area (Å²) in [6.45, 7) is 8.81. The number of hydrogen-bond donors (Lipinski definition) is 0.